The summed E-state index contributed by atoms with van der Waals surface area (Å²) >= 11 is 0. The van der Waals surface area contributed by atoms with Crippen molar-refractivity contribution in [1.29, 1.82) is 0 Å². The highest BCUT2D eigenvalue weighted by molar-refractivity contribution is 5.85. The van der Waals surface area contributed by atoms with E-state index in [-0.39, 0.29) is 18.0 Å². The van der Waals surface area contributed by atoms with Crippen molar-refractivity contribution in [2.24, 2.45) is 0 Å². The first kappa shape index (κ1) is 12.1. The number of nitrogens with zero attached hydrogens (tertiary/aromatic N) is 1. The molecular formula is C13H18N2O2. The lowest BCUT2D eigenvalue weighted by Gasteiger charge is -2.23. The lowest BCUT2D eigenvalue weighted by molar-refractivity contribution is -0.131. The fourth-order valence-corrected chi connectivity index (χ4v) is 2.13. The number of hydrogen-bond acceptors (Lipinski definition) is 3. The van der Waals surface area contributed by atoms with Gasteiger partial charge in [0, 0.05) is 7.11 Å². The maximum Gasteiger partial charge on any atom is 0.245 e. The Bertz CT molecular complexity index is 380. The van der Waals surface area contributed by atoms with E-state index in [1.54, 1.807) is 7.11 Å². The van der Waals surface area contributed by atoms with Crippen LogP contribution in [0.25, 0.3) is 0 Å². The van der Waals surface area contributed by atoms with E-state index in [0.29, 0.717) is 13.3 Å². The number of hydrogen-bond donors (Lipinski definition) is 1. The minimum absolute atomic E-state index is 0.105. The molecule has 0 aliphatic carbocycles. The molecule has 0 bridgehead atoms. The monoisotopic (exact) mass is 234 g/mol. The average Bonchev–Trinajstić information content (AvgIpc) is 2.72. The molecule has 0 saturated carbocycles. The Labute approximate surface area is 102 Å². The third kappa shape index (κ3) is 2.48. The van der Waals surface area contributed by atoms with Crippen molar-refractivity contribution in [2.75, 3.05) is 20.4 Å². The summed E-state index contributed by atoms with van der Waals surface area (Å²) < 4.78 is 5.08. The maximum absolute atomic E-state index is 12.2. The van der Waals surface area contributed by atoms with Gasteiger partial charge in [0.2, 0.25) is 5.91 Å². The van der Waals surface area contributed by atoms with Crippen molar-refractivity contribution in [3.8, 4) is 0 Å². The largest absolute Gasteiger partial charge is 0.383 e. The summed E-state index contributed by atoms with van der Waals surface area (Å²) in [5.41, 5.74) is 1.02. The summed E-state index contributed by atoms with van der Waals surface area (Å²) in [6.07, 6.45) is 0. The van der Waals surface area contributed by atoms with Gasteiger partial charge in [0.25, 0.3) is 0 Å². The zero-order valence-corrected chi connectivity index (χ0v) is 10.2. The van der Waals surface area contributed by atoms with Crippen LogP contribution in [0.3, 0.4) is 0 Å². The lowest BCUT2D eigenvalue weighted by atomic mass is 10.1. The summed E-state index contributed by atoms with van der Waals surface area (Å²) in [7, 11) is 1.65. The zero-order chi connectivity index (χ0) is 12.3. The van der Waals surface area contributed by atoms with Crippen LogP contribution in [0.2, 0.25) is 0 Å². The second-order valence-corrected chi connectivity index (χ2v) is 4.32. The summed E-state index contributed by atoms with van der Waals surface area (Å²) in [5.74, 6) is 0.126. The quantitative estimate of drug-likeness (QED) is 0.849. The van der Waals surface area contributed by atoms with E-state index < -0.39 is 0 Å². The fraction of sp³-hybridized carbons (Fsp3) is 0.462. The molecule has 2 rings (SSSR count). The Morgan fingerprint density at radius 3 is 2.82 bits per heavy atom. The Balaban J connectivity index is 2.08. The van der Waals surface area contributed by atoms with E-state index in [1.807, 2.05) is 42.2 Å². The van der Waals surface area contributed by atoms with E-state index in [9.17, 15) is 4.79 Å². The van der Waals surface area contributed by atoms with Gasteiger partial charge in [-0.15, -0.1) is 0 Å². The highest BCUT2D eigenvalue weighted by Gasteiger charge is 2.34. The molecule has 17 heavy (non-hydrogen) atoms. The van der Waals surface area contributed by atoms with Crippen molar-refractivity contribution in [1.82, 2.24) is 10.2 Å². The number of carbonyl (C=O) groups excluding carboxylic acids is 1. The number of rotatable bonds is 4. The van der Waals surface area contributed by atoms with Crippen LogP contribution in [0.1, 0.15) is 18.5 Å². The van der Waals surface area contributed by atoms with Crippen molar-refractivity contribution in [3.63, 3.8) is 0 Å². The molecule has 4 heteroatoms. The molecule has 1 heterocycles. The van der Waals surface area contributed by atoms with E-state index in [2.05, 4.69) is 5.32 Å². The topological polar surface area (TPSA) is 41.6 Å². The molecular weight excluding hydrogens is 216 g/mol. The Morgan fingerprint density at radius 2 is 2.18 bits per heavy atom. The van der Waals surface area contributed by atoms with E-state index in [1.165, 1.54) is 0 Å². The minimum atomic E-state index is -0.212. The van der Waals surface area contributed by atoms with E-state index >= 15 is 0 Å². The maximum atomic E-state index is 12.2. The van der Waals surface area contributed by atoms with Crippen LogP contribution in [0.5, 0.6) is 0 Å². The Kier molecular flexibility index (Phi) is 3.76. The summed E-state index contributed by atoms with van der Waals surface area (Å²) in [5, 5.41) is 3.23. The number of methoxy groups -OCH3 is 1. The van der Waals surface area contributed by atoms with E-state index in [4.69, 9.17) is 4.74 Å². The van der Waals surface area contributed by atoms with Crippen LogP contribution in [-0.4, -0.2) is 37.2 Å². The van der Waals surface area contributed by atoms with E-state index in [0.717, 1.165) is 5.56 Å². The van der Waals surface area contributed by atoms with Gasteiger partial charge >= 0.3 is 0 Å². The first-order valence-electron chi connectivity index (χ1n) is 5.81. The highest BCUT2D eigenvalue weighted by atomic mass is 16.5. The molecule has 0 spiro atoms. The third-order valence-electron chi connectivity index (χ3n) is 3.07. The first-order chi connectivity index (χ1) is 8.24. The molecule has 0 radical (unpaired) electrons. The zero-order valence-electron chi connectivity index (χ0n) is 10.2. The van der Waals surface area contributed by atoms with Crippen LogP contribution in [0.4, 0.5) is 0 Å². The Morgan fingerprint density at radius 1 is 1.47 bits per heavy atom. The molecule has 4 nitrogen and oxygen atoms in total. The van der Waals surface area contributed by atoms with Crippen LogP contribution >= 0.6 is 0 Å². The number of benzene rings is 1. The molecule has 1 aliphatic rings. The van der Waals surface area contributed by atoms with Crippen molar-refractivity contribution in [2.45, 2.75) is 19.0 Å². The highest BCUT2D eigenvalue weighted by Crippen LogP contribution is 2.21. The second-order valence-electron chi connectivity index (χ2n) is 4.32. The molecule has 92 valence electrons. The second kappa shape index (κ2) is 5.29. The average molecular weight is 234 g/mol. The first-order valence-corrected chi connectivity index (χ1v) is 5.81. The molecule has 1 saturated heterocycles. The SMILES string of the molecule is COCC(C)N1CNC(c2ccccc2)C1=O. The van der Waals surface area contributed by atoms with Gasteiger partial charge in [-0.2, -0.15) is 0 Å². The van der Waals surface area contributed by atoms with Crippen molar-refractivity contribution < 1.29 is 9.53 Å². The van der Waals surface area contributed by atoms with Gasteiger partial charge in [0.05, 0.1) is 19.3 Å². The number of ether oxygens (including phenoxy) is 1. The molecule has 1 fully saturated rings. The number of amides is 1. The van der Waals surface area contributed by atoms with Gasteiger partial charge in [-0.1, -0.05) is 30.3 Å². The molecule has 1 amide bonds. The molecule has 0 aromatic heterocycles. The molecule has 1 N–H and O–H groups in total. The van der Waals surface area contributed by atoms with Crippen LogP contribution in [-0.2, 0) is 9.53 Å². The normalized spacial score (nSPS) is 21.9. The van der Waals surface area contributed by atoms with Gasteiger partial charge in [-0.05, 0) is 12.5 Å². The summed E-state index contributed by atoms with van der Waals surface area (Å²) in [4.78, 5) is 14.1. The van der Waals surface area contributed by atoms with Gasteiger partial charge in [-0.25, -0.2) is 0 Å². The molecule has 1 aromatic carbocycles. The molecule has 2 unspecified atom stereocenters. The Hall–Kier alpha value is -1.39. The van der Waals surface area contributed by atoms with Crippen LogP contribution in [0.15, 0.2) is 30.3 Å². The summed E-state index contributed by atoms with van der Waals surface area (Å²) in [6.45, 7) is 3.15. The molecule has 2 atom stereocenters. The van der Waals surface area contributed by atoms with Crippen LogP contribution in [0, 0.1) is 0 Å². The molecule has 1 aromatic rings. The summed E-state index contributed by atoms with van der Waals surface area (Å²) in [6, 6.07) is 9.69. The smallest absolute Gasteiger partial charge is 0.245 e. The predicted molar refractivity (Wildman–Crippen MR) is 65.4 cm³/mol. The fourth-order valence-electron chi connectivity index (χ4n) is 2.13. The van der Waals surface area contributed by atoms with Crippen LogP contribution < -0.4 is 5.32 Å². The third-order valence-corrected chi connectivity index (χ3v) is 3.07. The minimum Gasteiger partial charge on any atom is -0.383 e. The van der Waals surface area contributed by atoms with Gasteiger partial charge in [0.15, 0.2) is 0 Å². The van der Waals surface area contributed by atoms with Crippen molar-refractivity contribution >= 4 is 5.91 Å². The van der Waals surface area contributed by atoms with Gasteiger partial charge in [-0.3, -0.25) is 10.1 Å². The lowest BCUT2D eigenvalue weighted by Crippen LogP contribution is -2.38. The molecule has 1 aliphatic heterocycles. The predicted octanol–water partition coefficient (Wildman–Crippen LogP) is 1.15. The number of nitrogens with one attached hydrogen (secondary N) is 1. The van der Waals surface area contributed by atoms with Gasteiger partial charge in [0.1, 0.15) is 6.04 Å². The number of carbonyl (C=O) groups is 1. The van der Waals surface area contributed by atoms with Gasteiger partial charge < -0.3 is 9.64 Å². The van der Waals surface area contributed by atoms with Crippen molar-refractivity contribution in [3.05, 3.63) is 35.9 Å². The standard InChI is InChI=1S/C13H18N2O2/c1-10(8-17-2)15-9-14-12(13(15)16)11-6-4-3-5-7-11/h3-7,10,12,14H,8-9H2,1-2H3.